The van der Waals surface area contributed by atoms with Crippen molar-refractivity contribution in [1.82, 2.24) is 5.48 Å². The van der Waals surface area contributed by atoms with E-state index in [1.165, 1.54) is 30.4 Å². The maximum absolute atomic E-state index is 5.04. The summed E-state index contributed by atoms with van der Waals surface area (Å²) in [5, 5.41) is 0. The third-order valence-electron chi connectivity index (χ3n) is 2.00. The molecule has 0 radical (unpaired) electrons. The standard InChI is InChI=1S/C8H11NO/c1-2-4-8-6-10-9-5-7(8)3-1/h4-5,9H,1-3,6H2. The van der Waals surface area contributed by atoms with Crippen molar-refractivity contribution in [3.05, 3.63) is 23.4 Å². The van der Waals surface area contributed by atoms with Crippen LogP contribution in [-0.4, -0.2) is 6.61 Å². The first kappa shape index (κ1) is 5.98. The minimum Gasteiger partial charge on any atom is -0.274 e. The molecule has 1 aliphatic carbocycles. The summed E-state index contributed by atoms with van der Waals surface area (Å²) in [4.78, 5) is 5.04. The van der Waals surface area contributed by atoms with Crippen LogP contribution >= 0.6 is 0 Å². The van der Waals surface area contributed by atoms with Crippen LogP contribution in [0.3, 0.4) is 0 Å². The Balaban J connectivity index is 2.25. The van der Waals surface area contributed by atoms with Crippen molar-refractivity contribution in [2.75, 3.05) is 6.61 Å². The summed E-state index contributed by atoms with van der Waals surface area (Å²) in [7, 11) is 0. The maximum Gasteiger partial charge on any atom is 0.0996 e. The van der Waals surface area contributed by atoms with Gasteiger partial charge in [-0.3, -0.25) is 10.3 Å². The first-order valence-electron chi connectivity index (χ1n) is 3.72. The number of hydroxylamine groups is 1. The first-order valence-corrected chi connectivity index (χ1v) is 3.72. The Labute approximate surface area is 60.5 Å². The number of hydrogen-bond acceptors (Lipinski definition) is 2. The van der Waals surface area contributed by atoms with Gasteiger partial charge in [0.2, 0.25) is 0 Å². The fraction of sp³-hybridized carbons (Fsp3) is 0.500. The molecule has 0 atom stereocenters. The van der Waals surface area contributed by atoms with Gasteiger partial charge < -0.3 is 0 Å². The van der Waals surface area contributed by atoms with Crippen molar-refractivity contribution < 1.29 is 4.84 Å². The van der Waals surface area contributed by atoms with Crippen LogP contribution in [0.15, 0.2) is 23.4 Å². The van der Waals surface area contributed by atoms with Gasteiger partial charge in [0.25, 0.3) is 0 Å². The molecule has 2 nitrogen and oxygen atoms in total. The van der Waals surface area contributed by atoms with Gasteiger partial charge in [0.15, 0.2) is 0 Å². The highest BCUT2D eigenvalue weighted by Gasteiger charge is 2.12. The van der Waals surface area contributed by atoms with E-state index in [1.54, 1.807) is 0 Å². The topological polar surface area (TPSA) is 21.3 Å². The van der Waals surface area contributed by atoms with Crippen LogP contribution in [0.4, 0.5) is 0 Å². The molecule has 0 unspecified atom stereocenters. The quantitative estimate of drug-likeness (QED) is 0.546. The molecule has 1 aliphatic heterocycles. The van der Waals surface area contributed by atoms with Crippen molar-refractivity contribution >= 4 is 0 Å². The second-order valence-corrected chi connectivity index (χ2v) is 2.70. The molecule has 2 rings (SSSR count). The summed E-state index contributed by atoms with van der Waals surface area (Å²) in [6.45, 7) is 0.742. The molecule has 0 aromatic carbocycles. The largest absolute Gasteiger partial charge is 0.274 e. The van der Waals surface area contributed by atoms with E-state index in [4.69, 9.17) is 4.84 Å². The van der Waals surface area contributed by atoms with E-state index in [1.807, 2.05) is 6.20 Å². The molecule has 0 spiro atoms. The lowest BCUT2D eigenvalue weighted by Gasteiger charge is -2.21. The molecule has 2 aliphatic rings. The van der Waals surface area contributed by atoms with E-state index in [0.717, 1.165) is 6.61 Å². The molecule has 0 amide bonds. The van der Waals surface area contributed by atoms with Crippen molar-refractivity contribution in [1.29, 1.82) is 0 Å². The van der Waals surface area contributed by atoms with E-state index in [-0.39, 0.29) is 0 Å². The maximum atomic E-state index is 5.04. The predicted octanol–water partition coefficient (Wildman–Crippen LogP) is 1.52. The van der Waals surface area contributed by atoms with Gasteiger partial charge in [0, 0.05) is 6.20 Å². The summed E-state index contributed by atoms with van der Waals surface area (Å²) in [5.41, 5.74) is 5.59. The molecular formula is C8H11NO. The Kier molecular flexibility index (Phi) is 1.47. The fourth-order valence-electron chi connectivity index (χ4n) is 1.41. The minimum absolute atomic E-state index is 0.742. The highest BCUT2D eigenvalue weighted by molar-refractivity contribution is 5.33. The summed E-state index contributed by atoms with van der Waals surface area (Å²) in [6, 6.07) is 0. The lowest BCUT2D eigenvalue weighted by Crippen LogP contribution is -2.19. The molecule has 0 aromatic heterocycles. The Bertz CT molecular complexity index is 171. The molecule has 1 heterocycles. The number of fused-ring (bicyclic) bond motifs is 1. The molecule has 0 bridgehead atoms. The zero-order chi connectivity index (χ0) is 6.81. The highest BCUT2D eigenvalue weighted by Crippen LogP contribution is 2.24. The molecule has 0 aromatic rings. The van der Waals surface area contributed by atoms with Gasteiger partial charge in [0.05, 0.1) is 6.61 Å². The zero-order valence-corrected chi connectivity index (χ0v) is 5.89. The second kappa shape index (κ2) is 2.46. The lowest BCUT2D eigenvalue weighted by molar-refractivity contribution is 0.0816. The third kappa shape index (κ3) is 0.948. The Morgan fingerprint density at radius 1 is 1.40 bits per heavy atom. The first-order chi connectivity index (χ1) is 4.97. The molecule has 2 heteroatoms. The summed E-state index contributed by atoms with van der Waals surface area (Å²) < 4.78 is 0. The van der Waals surface area contributed by atoms with E-state index in [0.29, 0.717) is 0 Å². The van der Waals surface area contributed by atoms with E-state index < -0.39 is 0 Å². The zero-order valence-electron chi connectivity index (χ0n) is 5.89. The monoisotopic (exact) mass is 137 g/mol. The number of rotatable bonds is 0. The van der Waals surface area contributed by atoms with Crippen LogP contribution < -0.4 is 5.48 Å². The van der Waals surface area contributed by atoms with Gasteiger partial charge in [0.1, 0.15) is 0 Å². The average molecular weight is 137 g/mol. The third-order valence-corrected chi connectivity index (χ3v) is 2.00. The van der Waals surface area contributed by atoms with Gasteiger partial charge in [-0.2, -0.15) is 0 Å². The van der Waals surface area contributed by atoms with E-state index in [2.05, 4.69) is 11.6 Å². The second-order valence-electron chi connectivity index (χ2n) is 2.70. The van der Waals surface area contributed by atoms with Crippen LogP contribution in [0.1, 0.15) is 19.3 Å². The molecule has 0 saturated carbocycles. The van der Waals surface area contributed by atoms with Crippen LogP contribution in [0.25, 0.3) is 0 Å². The molecular weight excluding hydrogens is 126 g/mol. The molecule has 0 fully saturated rings. The van der Waals surface area contributed by atoms with Crippen LogP contribution in [0, 0.1) is 0 Å². The number of nitrogens with one attached hydrogen (secondary N) is 1. The average Bonchev–Trinajstić information content (AvgIpc) is 2.05. The predicted molar refractivity (Wildman–Crippen MR) is 39.1 cm³/mol. The van der Waals surface area contributed by atoms with Crippen LogP contribution in [-0.2, 0) is 4.84 Å². The minimum atomic E-state index is 0.742. The number of hydrogen-bond donors (Lipinski definition) is 1. The molecule has 54 valence electrons. The van der Waals surface area contributed by atoms with Gasteiger partial charge in [-0.15, -0.1) is 0 Å². The fourth-order valence-corrected chi connectivity index (χ4v) is 1.41. The Hall–Kier alpha value is -0.760. The Morgan fingerprint density at radius 2 is 2.40 bits per heavy atom. The van der Waals surface area contributed by atoms with Crippen LogP contribution in [0.5, 0.6) is 0 Å². The van der Waals surface area contributed by atoms with Gasteiger partial charge in [-0.25, -0.2) is 0 Å². The normalized spacial score (nSPS) is 24.0. The van der Waals surface area contributed by atoms with Crippen molar-refractivity contribution in [2.24, 2.45) is 0 Å². The van der Waals surface area contributed by atoms with Gasteiger partial charge in [-0.1, -0.05) is 6.08 Å². The van der Waals surface area contributed by atoms with Crippen LogP contribution in [0.2, 0.25) is 0 Å². The van der Waals surface area contributed by atoms with Gasteiger partial charge in [-0.05, 0) is 30.4 Å². The SMILES string of the molecule is C1=C2CCCC=C2CON1. The molecule has 10 heavy (non-hydrogen) atoms. The highest BCUT2D eigenvalue weighted by atomic mass is 16.6. The molecule has 0 saturated heterocycles. The van der Waals surface area contributed by atoms with Gasteiger partial charge >= 0.3 is 0 Å². The van der Waals surface area contributed by atoms with E-state index in [9.17, 15) is 0 Å². The molecule has 1 N–H and O–H groups in total. The smallest absolute Gasteiger partial charge is 0.0996 e. The lowest BCUT2D eigenvalue weighted by atomic mass is 9.94. The summed E-state index contributed by atoms with van der Waals surface area (Å²) in [5.74, 6) is 0. The summed E-state index contributed by atoms with van der Waals surface area (Å²) in [6.07, 6.45) is 7.96. The number of allylic oxidation sites excluding steroid dienone is 1. The van der Waals surface area contributed by atoms with Crippen molar-refractivity contribution in [3.63, 3.8) is 0 Å². The van der Waals surface area contributed by atoms with E-state index >= 15 is 0 Å². The van der Waals surface area contributed by atoms with Crippen molar-refractivity contribution in [2.45, 2.75) is 19.3 Å². The summed E-state index contributed by atoms with van der Waals surface area (Å²) >= 11 is 0. The Morgan fingerprint density at radius 3 is 3.30 bits per heavy atom. The van der Waals surface area contributed by atoms with Crippen molar-refractivity contribution in [3.8, 4) is 0 Å².